The van der Waals surface area contributed by atoms with Crippen LogP contribution < -0.4 is 10.6 Å². The maximum Gasteiger partial charge on any atom is 0.279 e. The molecule has 2 aromatic rings. The number of carbonyl (C=O) groups is 1. The van der Waals surface area contributed by atoms with Crippen molar-refractivity contribution in [3.8, 4) is 0 Å². The summed E-state index contributed by atoms with van der Waals surface area (Å²) >= 11 is 5.82. The van der Waals surface area contributed by atoms with E-state index in [1.807, 2.05) is 0 Å². The number of pyridine rings is 1. The molecule has 3 rings (SSSR count). The topological polar surface area (TPSA) is 83.0 Å². The van der Waals surface area contributed by atoms with Crippen molar-refractivity contribution in [3.63, 3.8) is 0 Å². The molecule has 2 N–H and O–H groups in total. The van der Waals surface area contributed by atoms with Crippen LogP contribution in [0.5, 0.6) is 0 Å². The van der Waals surface area contributed by atoms with E-state index < -0.39 is 0 Å². The molecule has 1 aliphatic rings. The highest BCUT2D eigenvalue weighted by Gasteiger charge is 2.22. The Bertz CT molecular complexity index is 759. The Morgan fingerprint density at radius 1 is 1.22 bits per heavy atom. The molecule has 144 valence electrons. The molecule has 1 amide bonds. The number of amides is 1. The number of rotatable bonds is 6. The lowest BCUT2D eigenvalue weighted by molar-refractivity contribution is 0.102. The number of nitrogens with zero attached hydrogens (tertiary/aromatic N) is 4. The summed E-state index contributed by atoms with van der Waals surface area (Å²) < 4.78 is 0. The zero-order valence-corrected chi connectivity index (χ0v) is 16.4. The van der Waals surface area contributed by atoms with Gasteiger partial charge in [-0.25, -0.2) is 15.0 Å². The third-order valence-corrected chi connectivity index (χ3v) is 5.04. The minimum absolute atomic E-state index is 0.258. The maximum atomic E-state index is 12.6. The number of likely N-dealkylation sites (tertiary alicyclic amines) is 1. The van der Waals surface area contributed by atoms with Crippen LogP contribution in [0.1, 0.15) is 37.2 Å². The average molecular weight is 389 g/mol. The van der Waals surface area contributed by atoms with Gasteiger partial charge in [-0.15, -0.1) is 0 Å². The van der Waals surface area contributed by atoms with Gasteiger partial charge >= 0.3 is 0 Å². The summed E-state index contributed by atoms with van der Waals surface area (Å²) in [5.74, 6) is 1.13. The first-order valence-electron chi connectivity index (χ1n) is 9.24. The van der Waals surface area contributed by atoms with Gasteiger partial charge in [0.05, 0.1) is 5.02 Å². The van der Waals surface area contributed by atoms with E-state index in [1.54, 1.807) is 18.3 Å². The SMILES string of the molecule is CC(C)N1CCC(CNc2nccnc2C(=O)Nc2ccc(Cl)cn2)CC1. The Labute approximate surface area is 164 Å². The van der Waals surface area contributed by atoms with Crippen LogP contribution in [0, 0.1) is 5.92 Å². The molecule has 3 heterocycles. The molecule has 0 saturated carbocycles. The van der Waals surface area contributed by atoms with Gasteiger partial charge in [0.15, 0.2) is 11.5 Å². The minimum Gasteiger partial charge on any atom is -0.368 e. The summed E-state index contributed by atoms with van der Waals surface area (Å²) in [6.07, 6.45) is 6.86. The molecule has 0 atom stereocenters. The fourth-order valence-corrected chi connectivity index (χ4v) is 3.29. The summed E-state index contributed by atoms with van der Waals surface area (Å²) in [5, 5.41) is 6.54. The number of halogens is 1. The summed E-state index contributed by atoms with van der Waals surface area (Å²) in [7, 11) is 0. The molecule has 7 nitrogen and oxygen atoms in total. The Balaban J connectivity index is 1.59. The lowest BCUT2D eigenvalue weighted by Gasteiger charge is -2.34. The number of piperidine rings is 1. The van der Waals surface area contributed by atoms with Gasteiger partial charge in [-0.05, 0) is 57.8 Å². The second-order valence-corrected chi connectivity index (χ2v) is 7.46. The molecular formula is C19H25ClN6O. The molecule has 1 saturated heterocycles. The maximum absolute atomic E-state index is 12.6. The van der Waals surface area contributed by atoms with Crippen LogP contribution in [0.2, 0.25) is 5.02 Å². The lowest BCUT2D eigenvalue weighted by atomic mass is 9.96. The first-order chi connectivity index (χ1) is 13.0. The fourth-order valence-electron chi connectivity index (χ4n) is 3.17. The van der Waals surface area contributed by atoms with Crippen molar-refractivity contribution in [1.82, 2.24) is 19.9 Å². The fraction of sp³-hybridized carbons (Fsp3) is 0.474. The molecule has 1 aliphatic heterocycles. The molecule has 2 aromatic heterocycles. The van der Waals surface area contributed by atoms with Crippen molar-refractivity contribution in [2.24, 2.45) is 5.92 Å². The van der Waals surface area contributed by atoms with Crippen molar-refractivity contribution >= 4 is 29.1 Å². The van der Waals surface area contributed by atoms with Crippen molar-refractivity contribution in [2.45, 2.75) is 32.7 Å². The Hall–Kier alpha value is -2.25. The van der Waals surface area contributed by atoms with Crippen molar-refractivity contribution in [1.29, 1.82) is 0 Å². The second-order valence-electron chi connectivity index (χ2n) is 7.02. The lowest BCUT2D eigenvalue weighted by Crippen LogP contribution is -2.40. The van der Waals surface area contributed by atoms with Crippen LogP contribution in [0.15, 0.2) is 30.7 Å². The Kier molecular flexibility index (Phi) is 6.58. The van der Waals surface area contributed by atoms with E-state index >= 15 is 0 Å². The normalized spacial score (nSPS) is 15.7. The van der Waals surface area contributed by atoms with Gasteiger partial charge in [0.2, 0.25) is 0 Å². The largest absolute Gasteiger partial charge is 0.368 e. The van der Waals surface area contributed by atoms with Gasteiger partial charge in [0, 0.05) is 31.2 Å². The van der Waals surface area contributed by atoms with E-state index in [1.165, 1.54) is 12.4 Å². The van der Waals surface area contributed by atoms with Crippen LogP contribution in [0.4, 0.5) is 11.6 Å². The molecule has 0 aromatic carbocycles. The number of carbonyl (C=O) groups excluding carboxylic acids is 1. The van der Waals surface area contributed by atoms with Gasteiger partial charge in [-0.1, -0.05) is 11.6 Å². The number of hydrogen-bond donors (Lipinski definition) is 2. The highest BCUT2D eigenvalue weighted by Crippen LogP contribution is 2.20. The number of anilines is 2. The second kappa shape index (κ2) is 9.10. The van der Waals surface area contributed by atoms with E-state index in [0.29, 0.717) is 28.6 Å². The monoisotopic (exact) mass is 388 g/mol. The van der Waals surface area contributed by atoms with Crippen LogP contribution in [0.25, 0.3) is 0 Å². The highest BCUT2D eigenvalue weighted by atomic mass is 35.5. The van der Waals surface area contributed by atoms with Crippen molar-refractivity contribution in [3.05, 3.63) is 41.4 Å². The molecule has 0 radical (unpaired) electrons. The minimum atomic E-state index is -0.352. The summed E-state index contributed by atoms with van der Waals surface area (Å²) in [5.41, 5.74) is 0.258. The molecule has 0 bridgehead atoms. The molecule has 1 fully saturated rings. The highest BCUT2D eigenvalue weighted by molar-refractivity contribution is 6.30. The van der Waals surface area contributed by atoms with E-state index in [-0.39, 0.29) is 11.6 Å². The number of aromatic nitrogens is 3. The summed E-state index contributed by atoms with van der Waals surface area (Å²) in [6, 6.07) is 3.91. The number of nitrogens with one attached hydrogen (secondary N) is 2. The third kappa shape index (κ3) is 5.37. The van der Waals surface area contributed by atoms with Gasteiger partial charge in [-0.3, -0.25) is 4.79 Å². The first kappa shape index (κ1) is 19.5. The van der Waals surface area contributed by atoms with Crippen LogP contribution in [0.3, 0.4) is 0 Å². The quantitative estimate of drug-likeness (QED) is 0.789. The molecule has 0 aliphatic carbocycles. The molecule has 0 unspecified atom stereocenters. The molecule has 8 heteroatoms. The average Bonchev–Trinajstić information content (AvgIpc) is 2.68. The third-order valence-electron chi connectivity index (χ3n) is 4.82. The smallest absolute Gasteiger partial charge is 0.279 e. The van der Waals surface area contributed by atoms with Gasteiger partial charge < -0.3 is 15.5 Å². The molecule has 0 spiro atoms. The summed E-state index contributed by atoms with van der Waals surface area (Å²) in [6.45, 7) is 7.47. The van der Waals surface area contributed by atoms with Gasteiger partial charge in [0.1, 0.15) is 5.82 Å². The van der Waals surface area contributed by atoms with Gasteiger partial charge in [-0.2, -0.15) is 0 Å². The van der Waals surface area contributed by atoms with Gasteiger partial charge in [0.25, 0.3) is 5.91 Å². The molecule has 27 heavy (non-hydrogen) atoms. The zero-order valence-electron chi connectivity index (χ0n) is 15.7. The predicted molar refractivity (Wildman–Crippen MR) is 107 cm³/mol. The van der Waals surface area contributed by atoms with E-state index in [2.05, 4.69) is 44.3 Å². The van der Waals surface area contributed by atoms with Crippen LogP contribution in [-0.4, -0.2) is 51.4 Å². The van der Waals surface area contributed by atoms with Crippen molar-refractivity contribution in [2.75, 3.05) is 30.3 Å². The van der Waals surface area contributed by atoms with E-state index in [9.17, 15) is 4.79 Å². The van der Waals surface area contributed by atoms with Crippen LogP contribution in [-0.2, 0) is 0 Å². The van der Waals surface area contributed by atoms with E-state index in [4.69, 9.17) is 11.6 Å². The first-order valence-corrected chi connectivity index (χ1v) is 9.62. The zero-order chi connectivity index (χ0) is 19.2. The predicted octanol–water partition coefficient (Wildman–Crippen LogP) is 3.31. The summed E-state index contributed by atoms with van der Waals surface area (Å²) in [4.78, 5) is 27.6. The van der Waals surface area contributed by atoms with E-state index in [0.717, 1.165) is 32.5 Å². The Morgan fingerprint density at radius 3 is 2.63 bits per heavy atom. The van der Waals surface area contributed by atoms with Crippen molar-refractivity contribution < 1.29 is 4.79 Å². The number of hydrogen-bond acceptors (Lipinski definition) is 6. The van der Waals surface area contributed by atoms with Crippen LogP contribution >= 0.6 is 11.6 Å². The molecular weight excluding hydrogens is 364 g/mol. The Morgan fingerprint density at radius 2 is 1.96 bits per heavy atom. The standard InChI is InChI=1S/C19H25ClN6O/c1-13(2)26-9-5-14(6-10-26)11-24-18-17(21-7-8-22-18)19(27)25-16-4-3-15(20)12-23-16/h3-4,7-8,12-14H,5-6,9-11H2,1-2H3,(H,22,24)(H,23,25,27).